The maximum absolute atomic E-state index is 11.6. The minimum absolute atomic E-state index is 0.0397. The number of nitrogens with zero attached hydrogens (tertiary/aromatic N) is 2. The third-order valence-corrected chi connectivity index (χ3v) is 3.00. The molecule has 2 unspecified atom stereocenters. The van der Waals surface area contributed by atoms with Crippen molar-refractivity contribution in [2.24, 2.45) is 22.4 Å². The fraction of sp³-hybridized carbons (Fsp3) is 0.818. The Hall–Kier alpha value is -0.860. The largest absolute Gasteiger partial charge is 0.272 e. The quantitative estimate of drug-likeness (QED) is 0.666. The first-order chi connectivity index (χ1) is 6.32. The van der Waals surface area contributed by atoms with Gasteiger partial charge >= 0.3 is 0 Å². The van der Waals surface area contributed by atoms with Crippen molar-refractivity contribution in [3.63, 3.8) is 0 Å². The van der Waals surface area contributed by atoms with Crippen LogP contribution in [0.25, 0.3) is 0 Å². The van der Waals surface area contributed by atoms with E-state index in [0.29, 0.717) is 5.92 Å². The molecule has 1 heterocycles. The fourth-order valence-electron chi connectivity index (χ4n) is 1.21. The smallest absolute Gasteiger partial charge is 0.250 e. The summed E-state index contributed by atoms with van der Waals surface area (Å²) in [6.45, 7) is 11.3. The van der Waals surface area contributed by atoms with Gasteiger partial charge < -0.3 is 0 Å². The van der Waals surface area contributed by atoms with Crippen LogP contribution in [-0.4, -0.2) is 23.7 Å². The van der Waals surface area contributed by atoms with Crippen LogP contribution in [0.15, 0.2) is 5.10 Å². The van der Waals surface area contributed by atoms with Crippen molar-refractivity contribution in [2.75, 3.05) is 6.54 Å². The minimum Gasteiger partial charge on any atom is -0.272 e. The number of carbonyl (C=O) groups is 1. The van der Waals surface area contributed by atoms with Crippen molar-refractivity contribution in [1.29, 1.82) is 0 Å². The van der Waals surface area contributed by atoms with Gasteiger partial charge in [-0.05, 0) is 18.3 Å². The predicted octanol–water partition coefficient (Wildman–Crippen LogP) is 2.13. The van der Waals surface area contributed by atoms with E-state index in [1.165, 1.54) is 0 Å². The van der Waals surface area contributed by atoms with Crippen molar-refractivity contribution in [1.82, 2.24) is 5.01 Å². The van der Waals surface area contributed by atoms with Gasteiger partial charge in [0.1, 0.15) is 0 Å². The molecule has 1 amide bonds. The van der Waals surface area contributed by atoms with E-state index in [1.54, 1.807) is 11.2 Å². The Labute approximate surface area is 86.2 Å². The summed E-state index contributed by atoms with van der Waals surface area (Å²) in [7, 11) is 0. The first-order valence-corrected chi connectivity index (χ1v) is 5.18. The molecule has 0 bridgehead atoms. The molecule has 14 heavy (non-hydrogen) atoms. The molecule has 1 aliphatic rings. The molecule has 0 aliphatic carbocycles. The molecule has 0 saturated carbocycles. The highest BCUT2D eigenvalue weighted by molar-refractivity contribution is 5.96. The maximum atomic E-state index is 11.6. The molecule has 0 radical (unpaired) electrons. The molecule has 0 aromatic rings. The van der Waals surface area contributed by atoms with E-state index < -0.39 is 0 Å². The van der Waals surface area contributed by atoms with Gasteiger partial charge in [0, 0.05) is 12.8 Å². The number of rotatable bonds is 2. The molecule has 0 aromatic heterocycles. The van der Waals surface area contributed by atoms with Crippen LogP contribution in [0.5, 0.6) is 0 Å². The summed E-state index contributed by atoms with van der Waals surface area (Å²) in [5, 5.41) is 5.71. The first-order valence-electron chi connectivity index (χ1n) is 5.18. The highest BCUT2D eigenvalue weighted by Crippen LogP contribution is 2.27. The average molecular weight is 196 g/mol. The standard InChI is InChI=1S/C11H20N2O/c1-8-6-12-13(10(8)14)7-9(2)11(3,4)5/h6,8-9H,7H2,1-5H3. The Morgan fingerprint density at radius 2 is 2.14 bits per heavy atom. The zero-order valence-electron chi connectivity index (χ0n) is 9.74. The van der Waals surface area contributed by atoms with Gasteiger partial charge in [-0.1, -0.05) is 27.7 Å². The lowest BCUT2D eigenvalue weighted by Crippen LogP contribution is -2.34. The van der Waals surface area contributed by atoms with Gasteiger partial charge in [0.15, 0.2) is 0 Å². The Kier molecular flexibility index (Phi) is 2.98. The molecule has 2 atom stereocenters. The molecule has 80 valence electrons. The molecule has 0 spiro atoms. The van der Waals surface area contributed by atoms with Gasteiger partial charge in [-0.3, -0.25) is 4.79 Å². The van der Waals surface area contributed by atoms with Gasteiger partial charge in [0.05, 0.1) is 5.92 Å². The highest BCUT2D eigenvalue weighted by atomic mass is 16.2. The molecule has 0 fully saturated rings. The highest BCUT2D eigenvalue weighted by Gasteiger charge is 2.29. The lowest BCUT2D eigenvalue weighted by molar-refractivity contribution is -0.132. The second-order valence-corrected chi connectivity index (χ2v) is 5.24. The summed E-state index contributed by atoms with van der Waals surface area (Å²) in [6, 6.07) is 0. The van der Waals surface area contributed by atoms with E-state index in [0.717, 1.165) is 6.54 Å². The SMILES string of the molecule is CC1C=NN(CC(C)C(C)(C)C)C1=O. The molecule has 3 nitrogen and oxygen atoms in total. The van der Waals surface area contributed by atoms with Gasteiger partial charge in [-0.2, -0.15) is 5.10 Å². The maximum Gasteiger partial charge on any atom is 0.250 e. The summed E-state index contributed by atoms with van der Waals surface area (Å²) in [6.07, 6.45) is 1.72. The fourth-order valence-corrected chi connectivity index (χ4v) is 1.21. The lowest BCUT2D eigenvalue weighted by atomic mass is 9.82. The number of hydrogen-bond acceptors (Lipinski definition) is 2. The second-order valence-electron chi connectivity index (χ2n) is 5.24. The molecule has 1 rings (SSSR count). The van der Waals surface area contributed by atoms with E-state index in [-0.39, 0.29) is 17.2 Å². The van der Waals surface area contributed by atoms with E-state index in [4.69, 9.17) is 0 Å². The molecular weight excluding hydrogens is 176 g/mol. The van der Waals surface area contributed by atoms with Crippen molar-refractivity contribution >= 4 is 12.1 Å². The van der Waals surface area contributed by atoms with Crippen molar-refractivity contribution in [3.8, 4) is 0 Å². The summed E-state index contributed by atoms with van der Waals surface area (Å²) < 4.78 is 0. The van der Waals surface area contributed by atoms with Crippen LogP contribution in [-0.2, 0) is 4.79 Å². The zero-order chi connectivity index (χ0) is 10.9. The summed E-state index contributed by atoms with van der Waals surface area (Å²) in [4.78, 5) is 11.6. The molecule has 1 aliphatic heterocycles. The van der Waals surface area contributed by atoms with Gasteiger partial charge in [-0.25, -0.2) is 5.01 Å². The summed E-state index contributed by atoms with van der Waals surface area (Å²) in [5.74, 6) is 0.539. The number of hydrogen-bond donors (Lipinski definition) is 0. The van der Waals surface area contributed by atoms with Crippen LogP contribution >= 0.6 is 0 Å². The van der Waals surface area contributed by atoms with Crippen LogP contribution in [0.1, 0.15) is 34.6 Å². The van der Waals surface area contributed by atoms with Gasteiger partial charge in [0.2, 0.25) is 0 Å². The predicted molar refractivity (Wildman–Crippen MR) is 58.0 cm³/mol. The first kappa shape index (κ1) is 11.2. The normalized spacial score (nSPS) is 24.5. The topological polar surface area (TPSA) is 32.7 Å². The average Bonchev–Trinajstić information content (AvgIpc) is 2.34. The number of hydrazone groups is 1. The van der Waals surface area contributed by atoms with E-state index in [1.807, 2.05) is 6.92 Å². The molecule has 0 saturated heterocycles. The summed E-state index contributed by atoms with van der Waals surface area (Å²) >= 11 is 0. The van der Waals surface area contributed by atoms with Crippen molar-refractivity contribution < 1.29 is 4.79 Å². The third kappa shape index (κ3) is 2.34. The molecular formula is C11H20N2O. The van der Waals surface area contributed by atoms with Crippen LogP contribution in [0.4, 0.5) is 0 Å². The number of amides is 1. The van der Waals surface area contributed by atoms with Crippen LogP contribution in [0.3, 0.4) is 0 Å². The summed E-state index contributed by atoms with van der Waals surface area (Å²) in [5.41, 5.74) is 0.224. The Balaban J connectivity index is 2.55. The molecule has 0 N–H and O–H groups in total. The Morgan fingerprint density at radius 3 is 2.50 bits per heavy atom. The second kappa shape index (κ2) is 3.71. The third-order valence-electron chi connectivity index (χ3n) is 3.00. The van der Waals surface area contributed by atoms with E-state index in [2.05, 4.69) is 32.8 Å². The van der Waals surface area contributed by atoms with Gasteiger partial charge in [0.25, 0.3) is 5.91 Å². The van der Waals surface area contributed by atoms with Crippen LogP contribution in [0, 0.1) is 17.3 Å². The van der Waals surface area contributed by atoms with E-state index in [9.17, 15) is 4.79 Å². The molecule has 3 heteroatoms. The van der Waals surface area contributed by atoms with Crippen molar-refractivity contribution in [3.05, 3.63) is 0 Å². The monoisotopic (exact) mass is 196 g/mol. The van der Waals surface area contributed by atoms with Crippen LogP contribution < -0.4 is 0 Å². The van der Waals surface area contributed by atoms with E-state index >= 15 is 0 Å². The Morgan fingerprint density at radius 1 is 1.57 bits per heavy atom. The lowest BCUT2D eigenvalue weighted by Gasteiger charge is -2.29. The minimum atomic E-state index is -0.0397. The van der Waals surface area contributed by atoms with Crippen molar-refractivity contribution in [2.45, 2.75) is 34.6 Å². The Bertz CT molecular complexity index is 253. The molecule has 0 aromatic carbocycles. The van der Waals surface area contributed by atoms with Gasteiger partial charge in [-0.15, -0.1) is 0 Å². The van der Waals surface area contributed by atoms with Crippen LogP contribution in [0.2, 0.25) is 0 Å². The number of carbonyl (C=O) groups excluding carboxylic acids is 1. The zero-order valence-corrected chi connectivity index (χ0v) is 9.74.